The Morgan fingerprint density at radius 1 is 1.17 bits per heavy atom. The number of rotatable bonds is 8. The molecule has 5 rings (SSSR count). The van der Waals surface area contributed by atoms with Crippen molar-refractivity contribution in [3.8, 4) is 6.01 Å². The Kier molecular flexibility index (Phi) is 8.71. The minimum Gasteiger partial charge on any atom is -0.462 e. The van der Waals surface area contributed by atoms with Gasteiger partial charge in [-0.1, -0.05) is 29.8 Å². The number of fused-ring (bicyclic) bond motifs is 2. The molecule has 0 bridgehead atoms. The van der Waals surface area contributed by atoms with Crippen LogP contribution in [0.4, 0.5) is 29.1 Å². The number of ether oxygens (including phenoxy) is 1. The van der Waals surface area contributed by atoms with Crippen molar-refractivity contribution >= 4 is 33.9 Å². The molecule has 7 nitrogen and oxygen atoms in total. The van der Waals surface area contributed by atoms with Gasteiger partial charge in [0, 0.05) is 48.7 Å². The zero-order valence-electron chi connectivity index (χ0n) is 22.7. The minimum absolute atomic E-state index is 0.00687. The molecule has 2 aromatic carbocycles. The zero-order chi connectivity index (χ0) is 29.1. The van der Waals surface area contributed by atoms with E-state index in [4.69, 9.17) is 32.9 Å². The monoisotopic (exact) mass is 590 g/mol. The molecule has 1 saturated heterocycles. The molecule has 0 N–H and O–H groups in total. The summed E-state index contributed by atoms with van der Waals surface area (Å²) in [5, 5.41) is 1.53. The van der Waals surface area contributed by atoms with E-state index in [1.54, 1.807) is 6.07 Å². The first-order valence-corrected chi connectivity index (χ1v) is 14.0. The minimum atomic E-state index is -4.29. The van der Waals surface area contributed by atoms with Gasteiger partial charge in [0.05, 0.1) is 23.8 Å². The Bertz CT molecular complexity index is 1450. The fraction of sp³-hybridized carbons (Fsp3) is 0.483. The lowest BCUT2D eigenvalue weighted by Gasteiger charge is -2.36. The third kappa shape index (κ3) is 6.76. The quantitative estimate of drug-likeness (QED) is 0.237. The molecule has 0 saturated carbocycles. The van der Waals surface area contributed by atoms with E-state index in [1.807, 2.05) is 18.2 Å². The van der Waals surface area contributed by atoms with E-state index in [2.05, 4.69) is 14.6 Å². The van der Waals surface area contributed by atoms with Crippen LogP contribution >= 0.6 is 11.6 Å². The molecule has 218 valence electrons. The molecule has 2 aliphatic rings. The first-order chi connectivity index (χ1) is 19.6. The number of anilines is 2. The average molecular weight is 591 g/mol. The van der Waals surface area contributed by atoms with Gasteiger partial charge in [0.2, 0.25) is 6.54 Å². The van der Waals surface area contributed by atoms with E-state index < -0.39 is 18.5 Å². The number of benzene rings is 2. The van der Waals surface area contributed by atoms with Crippen LogP contribution in [-0.2, 0) is 13.0 Å². The lowest BCUT2D eigenvalue weighted by molar-refractivity contribution is -0.143. The number of nitrogens with zero attached hydrogens (tertiary/aromatic N) is 6. The topological polar surface area (TPSA) is 49.1 Å². The second-order valence-corrected chi connectivity index (χ2v) is 11.0. The van der Waals surface area contributed by atoms with E-state index in [9.17, 15) is 17.6 Å². The van der Waals surface area contributed by atoms with Gasteiger partial charge in [-0.2, -0.15) is 23.1 Å². The SMILES string of the molecule is [C-]#[N+]C[C@@H]1CCCN(c2nc(OCCN(C)CC(F)(F)F)nc3c2CCN(c2cccc4ccc(F)c(Cl)c24)C3)C1. The van der Waals surface area contributed by atoms with Gasteiger partial charge in [0.15, 0.2) is 0 Å². The summed E-state index contributed by atoms with van der Waals surface area (Å²) < 4.78 is 58.5. The number of piperidine rings is 1. The maximum Gasteiger partial charge on any atom is 0.401 e. The van der Waals surface area contributed by atoms with Crippen LogP contribution in [0.1, 0.15) is 24.1 Å². The third-order valence-corrected chi connectivity index (χ3v) is 7.97. The maximum atomic E-state index is 14.4. The number of hydrogen-bond donors (Lipinski definition) is 0. The van der Waals surface area contributed by atoms with E-state index in [0.29, 0.717) is 38.0 Å². The van der Waals surface area contributed by atoms with Crippen LogP contribution in [0, 0.1) is 18.3 Å². The number of halogens is 5. The molecule has 0 unspecified atom stereocenters. The summed E-state index contributed by atoms with van der Waals surface area (Å²) in [6.45, 7) is 9.28. The Morgan fingerprint density at radius 3 is 2.78 bits per heavy atom. The summed E-state index contributed by atoms with van der Waals surface area (Å²) >= 11 is 6.42. The second kappa shape index (κ2) is 12.2. The number of likely N-dealkylation sites (N-methyl/N-ethyl adjacent to an activating group) is 1. The Labute approximate surface area is 241 Å². The fourth-order valence-corrected chi connectivity index (χ4v) is 5.96. The summed E-state index contributed by atoms with van der Waals surface area (Å²) in [7, 11) is 1.39. The number of alkyl halides is 3. The smallest absolute Gasteiger partial charge is 0.401 e. The molecule has 0 spiro atoms. The molecular weight excluding hydrogens is 560 g/mol. The molecule has 0 amide bonds. The van der Waals surface area contributed by atoms with Gasteiger partial charge in [0.1, 0.15) is 18.2 Å². The van der Waals surface area contributed by atoms with Crippen molar-refractivity contribution in [1.82, 2.24) is 14.9 Å². The highest BCUT2D eigenvalue weighted by atomic mass is 35.5. The van der Waals surface area contributed by atoms with Crippen LogP contribution in [0.2, 0.25) is 5.02 Å². The molecule has 3 aromatic rings. The van der Waals surface area contributed by atoms with E-state index in [1.165, 1.54) is 13.1 Å². The van der Waals surface area contributed by atoms with Crippen LogP contribution in [0.25, 0.3) is 15.6 Å². The molecule has 0 aliphatic carbocycles. The van der Waals surface area contributed by atoms with Crippen molar-refractivity contribution in [2.45, 2.75) is 32.0 Å². The number of hydrogen-bond acceptors (Lipinski definition) is 6. The van der Waals surface area contributed by atoms with Crippen LogP contribution < -0.4 is 14.5 Å². The molecular formula is C29H31ClF4N6O. The molecule has 1 fully saturated rings. The lowest BCUT2D eigenvalue weighted by atomic mass is 9.96. The molecule has 41 heavy (non-hydrogen) atoms. The predicted molar refractivity (Wildman–Crippen MR) is 151 cm³/mol. The first kappa shape index (κ1) is 29.1. The fourth-order valence-electron chi connectivity index (χ4n) is 5.69. The van der Waals surface area contributed by atoms with Crippen LogP contribution in [0.15, 0.2) is 30.3 Å². The predicted octanol–water partition coefficient (Wildman–Crippen LogP) is 5.99. The summed E-state index contributed by atoms with van der Waals surface area (Å²) in [6.07, 6.45) is -1.75. The summed E-state index contributed by atoms with van der Waals surface area (Å²) in [5.74, 6) is 0.504. The van der Waals surface area contributed by atoms with Crippen molar-refractivity contribution in [2.75, 3.05) is 62.7 Å². The Balaban J connectivity index is 1.45. The second-order valence-electron chi connectivity index (χ2n) is 10.7. The van der Waals surface area contributed by atoms with Gasteiger partial charge in [-0.25, -0.2) is 11.0 Å². The van der Waals surface area contributed by atoms with Crippen LogP contribution in [-0.4, -0.2) is 74.0 Å². The molecule has 0 radical (unpaired) electrons. The molecule has 3 heterocycles. The molecule has 2 aliphatic heterocycles. The molecule has 1 aromatic heterocycles. The van der Waals surface area contributed by atoms with Gasteiger partial charge in [-0.05, 0) is 43.8 Å². The van der Waals surface area contributed by atoms with Crippen molar-refractivity contribution in [2.24, 2.45) is 5.92 Å². The van der Waals surface area contributed by atoms with Crippen LogP contribution in [0.5, 0.6) is 6.01 Å². The van der Waals surface area contributed by atoms with E-state index in [0.717, 1.165) is 52.4 Å². The summed E-state index contributed by atoms with van der Waals surface area (Å²) in [4.78, 5) is 18.4. The van der Waals surface area contributed by atoms with Gasteiger partial charge in [0.25, 0.3) is 0 Å². The first-order valence-electron chi connectivity index (χ1n) is 13.6. The van der Waals surface area contributed by atoms with E-state index in [-0.39, 0.29) is 30.1 Å². The largest absolute Gasteiger partial charge is 0.462 e. The lowest BCUT2D eigenvalue weighted by Crippen LogP contribution is -2.39. The van der Waals surface area contributed by atoms with Crippen molar-refractivity contribution in [1.29, 1.82) is 0 Å². The van der Waals surface area contributed by atoms with Gasteiger partial charge >= 0.3 is 12.2 Å². The standard InChI is InChI=1S/C29H31ClF4N6O/c1-35-15-19-5-4-11-40(16-19)27-21-10-12-39(24-7-3-6-20-8-9-22(31)26(30)25(20)24)17-23(21)36-28(37-27)41-14-13-38(2)18-29(32,33)34/h3,6-9,19H,4-5,10-18H2,2H3/t19-/m0/s1. The number of aromatic nitrogens is 2. The highest BCUT2D eigenvalue weighted by Crippen LogP contribution is 2.38. The highest BCUT2D eigenvalue weighted by Gasteiger charge is 2.31. The highest BCUT2D eigenvalue weighted by molar-refractivity contribution is 6.36. The summed E-state index contributed by atoms with van der Waals surface area (Å²) in [5.41, 5.74) is 2.53. The van der Waals surface area contributed by atoms with Gasteiger partial charge in [-0.3, -0.25) is 4.90 Å². The Hall–Kier alpha value is -3.36. The molecule has 12 heteroatoms. The van der Waals surface area contributed by atoms with Crippen molar-refractivity contribution in [3.63, 3.8) is 0 Å². The summed E-state index contributed by atoms with van der Waals surface area (Å²) in [6, 6.07) is 8.87. The van der Waals surface area contributed by atoms with Crippen LogP contribution in [0.3, 0.4) is 0 Å². The van der Waals surface area contributed by atoms with E-state index >= 15 is 0 Å². The normalized spacial score (nSPS) is 17.6. The molecule has 1 atom stereocenters. The Morgan fingerprint density at radius 2 is 2.00 bits per heavy atom. The van der Waals surface area contributed by atoms with Crippen molar-refractivity contribution < 1.29 is 22.3 Å². The third-order valence-electron chi connectivity index (χ3n) is 7.60. The van der Waals surface area contributed by atoms with Gasteiger partial charge in [-0.15, -0.1) is 0 Å². The maximum absolute atomic E-state index is 14.4. The average Bonchev–Trinajstić information content (AvgIpc) is 2.93. The van der Waals surface area contributed by atoms with Gasteiger partial charge < -0.3 is 19.4 Å². The van der Waals surface area contributed by atoms with Crippen molar-refractivity contribution in [3.05, 3.63) is 63.8 Å². The zero-order valence-corrected chi connectivity index (χ0v) is 23.5.